The van der Waals surface area contributed by atoms with Gasteiger partial charge in [0.25, 0.3) is 0 Å². The molecule has 3 saturated carbocycles. The number of carbonyl (C=O) groups is 4. The van der Waals surface area contributed by atoms with Crippen molar-refractivity contribution in [2.75, 3.05) is 6.01 Å². The number of hydrogen-bond acceptors (Lipinski definition) is 6. The number of ketones is 2. The Morgan fingerprint density at radius 2 is 1.85 bits per heavy atom. The van der Waals surface area contributed by atoms with Gasteiger partial charge >= 0.3 is 5.97 Å². The fourth-order valence-electron chi connectivity index (χ4n) is 7.75. The van der Waals surface area contributed by atoms with Gasteiger partial charge in [-0.15, -0.1) is 0 Å². The Bertz CT molecular complexity index is 1020. The van der Waals surface area contributed by atoms with Crippen LogP contribution in [0.5, 0.6) is 0 Å². The molecule has 0 aromatic rings. The number of halogens is 2. The summed E-state index contributed by atoms with van der Waals surface area (Å²) in [6.07, 6.45) is 4.74. The van der Waals surface area contributed by atoms with E-state index < -0.39 is 62.7 Å². The highest BCUT2D eigenvalue weighted by molar-refractivity contribution is 8.13. The summed E-state index contributed by atoms with van der Waals surface area (Å²) in [7, 11) is 0. The SMILES string of the molecule is CCC(=O)O[C@]1(C(=O)SCF)[C@H](C)C[C@H]2[C@@H]3C[C@H](C)C4=CC(=O)C=C[C@]4(C)[C@@]3(F)C(=O)C[C@@]21C. The molecule has 0 aromatic carbocycles. The molecule has 8 atom stereocenters. The number of rotatable bonds is 4. The van der Waals surface area contributed by atoms with Crippen molar-refractivity contribution in [1.82, 2.24) is 0 Å². The Hall–Kier alpha value is -1.83. The van der Waals surface area contributed by atoms with Crippen molar-refractivity contribution in [3.63, 3.8) is 0 Å². The normalized spacial score (nSPS) is 45.2. The van der Waals surface area contributed by atoms with Gasteiger partial charge < -0.3 is 4.74 Å². The van der Waals surface area contributed by atoms with Crippen LogP contribution in [0.1, 0.15) is 60.3 Å². The molecule has 34 heavy (non-hydrogen) atoms. The molecular formula is C26H32F2O5S. The molecule has 0 heterocycles. The van der Waals surface area contributed by atoms with Gasteiger partial charge in [-0.05, 0) is 55.5 Å². The molecule has 0 amide bonds. The smallest absolute Gasteiger partial charge is 0.306 e. The van der Waals surface area contributed by atoms with E-state index in [1.54, 1.807) is 27.7 Å². The van der Waals surface area contributed by atoms with Crippen LogP contribution in [0.25, 0.3) is 0 Å². The third-order valence-corrected chi connectivity index (χ3v) is 10.00. The predicted octanol–water partition coefficient (Wildman–Crippen LogP) is 4.94. The van der Waals surface area contributed by atoms with E-state index in [0.717, 1.165) is 0 Å². The molecule has 0 N–H and O–H groups in total. The van der Waals surface area contributed by atoms with Crippen LogP contribution in [0.3, 0.4) is 0 Å². The molecule has 4 rings (SSSR count). The largest absolute Gasteiger partial charge is 0.449 e. The van der Waals surface area contributed by atoms with Gasteiger partial charge in [0, 0.05) is 35.5 Å². The highest BCUT2D eigenvalue weighted by atomic mass is 32.2. The number of fused-ring (bicyclic) bond motifs is 5. The van der Waals surface area contributed by atoms with Crippen molar-refractivity contribution in [3.8, 4) is 0 Å². The average molecular weight is 495 g/mol. The second-order valence-electron chi connectivity index (χ2n) is 10.9. The predicted molar refractivity (Wildman–Crippen MR) is 124 cm³/mol. The van der Waals surface area contributed by atoms with E-state index in [9.17, 15) is 23.6 Å². The van der Waals surface area contributed by atoms with Gasteiger partial charge in [-0.25, -0.2) is 8.78 Å². The van der Waals surface area contributed by atoms with Crippen LogP contribution in [0, 0.1) is 34.5 Å². The number of alkyl halides is 2. The maximum absolute atomic E-state index is 17.3. The van der Waals surface area contributed by atoms with E-state index in [1.807, 2.05) is 6.92 Å². The molecule has 186 valence electrons. The van der Waals surface area contributed by atoms with E-state index in [0.29, 0.717) is 30.2 Å². The first kappa shape index (κ1) is 25.3. The Morgan fingerprint density at radius 1 is 1.18 bits per heavy atom. The third kappa shape index (κ3) is 2.96. The van der Waals surface area contributed by atoms with Crippen molar-refractivity contribution in [2.45, 2.75) is 71.6 Å². The number of carbonyl (C=O) groups excluding carboxylic acids is 4. The zero-order chi connectivity index (χ0) is 25.3. The molecule has 0 aromatic heterocycles. The van der Waals surface area contributed by atoms with Crippen molar-refractivity contribution < 1.29 is 32.7 Å². The first-order chi connectivity index (χ1) is 15.8. The Morgan fingerprint density at radius 3 is 2.47 bits per heavy atom. The Balaban J connectivity index is 1.88. The summed E-state index contributed by atoms with van der Waals surface area (Å²) in [6.45, 7) is 8.72. The number of esters is 1. The fraction of sp³-hybridized carbons (Fsp3) is 0.692. The minimum absolute atomic E-state index is 0.0231. The number of allylic oxidation sites excluding steroid dienone is 4. The summed E-state index contributed by atoms with van der Waals surface area (Å²) in [4.78, 5) is 51.8. The van der Waals surface area contributed by atoms with Gasteiger partial charge in [0.05, 0.1) is 0 Å². The quantitative estimate of drug-likeness (QED) is 0.516. The number of thioether (sulfide) groups is 1. The van der Waals surface area contributed by atoms with Gasteiger partial charge in [-0.1, -0.05) is 39.3 Å². The molecule has 8 heteroatoms. The van der Waals surface area contributed by atoms with Crippen LogP contribution in [-0.4, -0.2) is 39.9 Å². The first-order valence-corrected chi connectivity index (χ1v) is 12.9. The van der Waals surface area contributed by atoms with Crippen molar-refractivity contribution >= 4 is 34.4 Å². The summed E-state index contributed by atoms with van der Waals surface area (Å²) in [5, 5.41) is -0.618. The molecule has 0 bridgehead atoms. The molecule has 0 aliphatic heterocycles. The summed E-state index contributed by atoms with van der Waals surface area (Å²) in [5.41, 5.74) is -5.78. The van der Waals surface area contributed by atoms with Gasteiger partial charge in [-0.2, -0.15) is 0 Å². The standard InChI is InChI=1S/C26H32F2O5S/c1-6-21(31)33-26(22(32)34-13-27)15(3)10-18-19-9-14(2)17-11-16(29)7-8-23(17,4)25(19,28)20(30)12-24(18,26)5/h7-8,11,14-15,18-19H,6,9-10,12-13H2,1-5H3/t14-,15+,18-,19-,23-,24-,25-,26-/m0/s1. The Kier molecular flexibility index (Phi) is 6.02. The van der Waals surface area contributed by atoms with Gasteiger partial charge in [-0.3, -0.25) is 19.2 Å². The topological polar surface area (TPSA) is 77.5 Å². The molecule has 0 unspecified atom stereocenters. The summed E-state index contributed by atoms with van der Waals surface area (Å²) < 4.78 is 36.5. The molecule has 5 nitrogen and oxygen atoms in total. The monoisotopic (exact) mass is 494 g/mol. The first-order valence-electron chi connectivity index (χ1n) is 12.0. The number of ether oxygens (including phenoxy) is 1. The van der Waals surface area contributed by atoms with Crippen molar-refractivity contribution in [1.29, 1.82) is 0 Å². The lowest BCUT2D eigenvalue weighted by atomic mass is 9.44. The van der Waals surface area contributed by atoms with E-state index in [1.165, 1.54) is 18.2 Å². The van der Waals surface area contributed by atoms with Crippen LogP contribution >= 0.6 is 11.8 Å². The van der Waals surface area contributed by atoms with Gasteiger partial charge in [0.2, 0.25) is 5.12 Å². The molecular weight excluding hydrogens is 462 g/mol. The summed E-state index contributed by atoms with van der Waals surface area (Å²) in [6, 6.07) is -0.982. The van der Waals surface area contributed by atoms with Crippen LogP contribution in [0.15, 0.2) is 23.8 Å². The Labute approximate surface area is 203 Å². The second kappa shape index (κ2) is 8.10. The molecule has 0 spiro atoms. The van der Waals surface area contributed by atoms with E-state index >= 15 is 4.39 Å². The van der Waals surface area contributed by atoms with Crippen molar-refractivity contribution in [3.05, 3.63) is 23.8 Å². The zero-order valence-corrected chi connectivity index (χ0v) is 21.1. The summed E-state index contributed by atoms with van der Waals surface area (Å²) >= 11 is 0.440. The van der Waals surface area contributed by atoms with E-state index in [-0.39, 0.29) is 24.5 Å². The van der Waals surface area contributed by atoms with E-state index in [4.69, 9.17) is 4.74 Å². The van der Waals surface area contributed by atoms with Crippen LogP contribution in [0.4, 0.5) is 8.78 Å². The maximum atomic E-state index is 17.3. The maximum Gasteiger partial charge on any atom is 0.306 e. The van der Waals surface area contributed by atoms with Crippen LogP contribution < -0.4 is 0 Å². The molecule has 4 aliphatic rings. The lowest BCUT2D eigenvalue weighted by Gasteiger charge is -2.61. The number of Topliss-reactive ketones (excluding diaryl/α,β-unsaturated/α-hetero) is 1. The second-order valence-corrected chi connectivity index (χ2v) is 11.7. The van der Waals surface area contributed by atoms with Crippen molar-refractivity contribution in [2.24, 2.45) is 34.5 Å². The average Bonchev–Trinajstić information content (AvgIpc) is 2.99. The van der Waals surface area contributed by atoms with Gasteiger partial charge in [0.15, 0.2) is 22.8 Å². The molecule has 0 saturated heterocycles. The lowest BCUT2D eigenvalue weighted by molar-refractivity contribution is -0.199. The zero-order valence-electron chi connectivity index (χ0n) is 20.3. The fourth-order valence-corrected chi connectivity index (χ4v) is 8.54. The number of hydrogen-bond donors (Lipinski definition) is 0. The van der Waals surface area contributed by atoms with Crippen LogP contribution in [-0.2, 0) is 23.9 Å². The molecule has 0 radical (unpaired) electrons. The lowest BCUT2D eigenvalue weighted by Crippen LogP contribution is -2.69. The third-order valence-electron chi connectivity index (χ3n) is 9.32. The van der Waals surface area contributed by atoms with Crippen LogP contribution in [0.2, 0.25) is 0 Å². The minimum atomic E-state index is -2.26. The molecule has 3 fully saturated rings. The highest BCUT2D eigenvalue weighted by Gasteiger charge is 2.78. The van der Waals surface area contributed by atoms with Gasteiger partial charge in [0.1, 0.15) is 6.01 Å². The van der Waals surface area contributed by atoms with E-state index in [2.05, 4.69) is 0 Å². The highest BCUT2D eigenvalue weighted by Crippen LogP contribution is 2.71. The summed E-state index contributed by atoms with van der Waals surface area (Å²) in [5.74, 6) is -3.31. The minimum Gasteiger partial charge on any atom is -0.449 e. The molecule has 4 aliphatic carbocycles.